The van der Waals surface area contributed by atoms with E-state index >= 15 is 0 Å². The monoisotopic (exact) mass is 346 g/mol. The summed E-state index contributed by atoms with van der Waals surface area (Å²) in [5.74, 6) is -0.301. The van der Waals surface area contributed by atoms with Gasteiger partial charge in [0.05, 0.1) is 5.38 Å². The van der Waals surface area contributed by atoms with E-state index in [9.17, 15) is 4.39 Å². The molecule has 0 N–H and O–H groups in total. The molecule has 0 heterocycles. The van der Waals surface area contributed by atoms with E-state index in [-0.39, 0.29) is 5.82 Å². The van der Waals surface area contributed by atoms with Crippen LogP contribution in [-0.2, 0) is 6.42 Å². The Morgan fingerprint density at radius 2 is 1.89 bits per heavy atom. The molecular weight excluding hydrogens is 338 g/mol. The summed E-state index contributed by atoms with van der Waals surface area (Å²) in [6.07, 6.45) is 0.495. The smallest absolute Gasteiger partial charge is 0.127 e. The molecule has 0 amide bonds. The van der Waals surface area contributed by atoms with Gasteiger partial charge in [0.2, 0.25) is 0 Å². The summed E-state index contributed by atoms with van der Waals surface area (Å²) in [4.78, 5) is 0. The summed E-state index contributed by atoms with van der Waals surface area (Å²) in [5, 5.41) is 0.209. The Morgan fingerprint density at radius 1 is 1.17 bits per heavy atom. The van der Waals surface area contributed by atoms with Gasteiger partial charge in [-0.25, -0.2) is 4.39 Å². The molecule has 4 heteroatoms. The van der Waals surface area contributed by atoms with Gasteiger partial charge < -0.3 is 0 Å². The molecule has 1 atom stereocenters. The average Bonchev–Trinajstić information content (AvgIpc) is 2.35. The molecule has 2 aromatic rings. The minimum absolute atomic E-state index is 0.301. The van der Waals surface area contributed by atoms with Crippen molar-refractivity contribution in [2.45, 2.75) is 11.8 Å². The van der Waals surface area contributed by atoms with Gasteiger partial charge in [-0.2, -0.15) is 0 Å². The maximum atomic E-state index is 13.7. The van der Waals surface area contributed by atoms with Crippen LogP contribution < -0.4 is 0 Å². The molecule has 0 aliphatic rings. The molecule has 0 radical (unpaired) electrons. The van der Waals surface area contributed by atoms with Gasteiger partial charge in [-0.3, -0.25) is 0 Å². The van der Waals surface area contributed by atoms with Crippen LogP contribution in [-0.4, -0.2) is 0 Å². The van der Waals surface area contributed by atoms with E-state index in [0.717, 1.165) is 10.0 Å². The Morgan fingerprint density at radius 3 is 2.61 bits per heavy atom. The van der Waals surface area contributed by atoms with E-state index in [2.05, 4.69) is 15.9 Å². The van der Waals surface area contributed by atoms with E-state index in [1.807, 2.05) is 18.2 Å². The highest BCUT2D eigenvalue weighted by Gasteiger charge is 2.15. The van der Waals surface area contributed by atoms with Crippen molar-refractivity contribution in [2.75, 3.05) is 0 Å². The van der Waals surface area contributed by atoms with Crippen LogP contribution in [0.25, 0.3) is 0 Å². The van der Waals surface area contributed by atoms with Gasteiger partial charge in [-0.1, -0.05) is 45.7 Å². The summed E-state index contributed by atoms with van der Waals surface area (Å²) < 4.78 is 14.5. The summed E-state index contributed by atoms with van der Waals surface area (Å²) in [5.41, 5.74) is 1.39. The SMILES string of the molecule is Fc1ccc(Br)cc1C(Cl)Cc1ccccc1Cl. The number of halogens is 4. The van der Waals surface area contributed by atoms with Gasteiger partial charge in [0.25, 0.3) is 0 Å². The van der Waals surface area contributed by atoms with E-state index in [1.165, 1.54) is 6.07 Å². The number of benzene rings is 2. The highest BCUT2D eigenvalue weighted by atomic mass is 79.9. The maximum Gasteiger partial charge on any atom is 0.127 e. The Kier molecular flexibility index (Phi) is 4.66. The molecule has 0 fully saturated rings. The lowest BCUT2D eigenvalue weighted by atomic mass is 10.0. The van der Waals surface area contributed by atoms with Crippen molar-refractivity contribution in [1.29, 1.82) is 0 Å². The molecule has 2 aromatic carbocycles. The van der Waals surface area contributed by atoms with Crippen molar-refractivity contribution < 1.29 is 4.39 Å². The van der Waals surface area contributed by atoms with Crippen LogP contribution in [0.1, 0.15) is 16.5 Å². The van der Waals surface area contributed by atoms with Crippen LogP contribution in [0, 0.1) is 5.82 Å². The van der Waals surface area contributed by atoms with Crippen molar-refractivity contribution in [3.05, 3.63) is 68.9 Å². The third-order valence-corrected chi connectivity index (χ3v) is 3.90. The van der Waals surface area contributed by atoms with Crippen molar-refractivity contribution in [2.24, 2.45) is 0 Å². The zero-order chi connectivity index (χ0) is 13.1. The van der Waals surface area contributed by atoms with Crippen LogP contribution in [0.3, 0.4) is 0 Å². The van der Waals surface area contributed by atoms with E-state index < -0.39 is 5.38 Å². The van der Waals surface area contributed by atoms with Crippen molar-refractivity contribution in [3.8, 4) is 0 Å². The topological polar surface area (TPSA) is 0 Å². The highest BCUT2D eigenvalue weighted by molar-refractivity contribution is 9.10. The van der Waals surface area contributed by atoms with E-state index in [1.54, 1.807) is 18.2 Å². The Hall–Kier alpha value is -0.570. The number of alkyl halides is 1. The molecule has 0 nitrogen and oxygen atoms in total. The third kappa shape index (κ3) is 3.25. The van der Waals surface area contributed by atoms with E-state index in [0.29, 0.717) is 17.0 Å². The molecule has 2 rings (SSSR count). The molecule has 0 aliphatic heterocycles. The molecule has 0 spiro atoms. The molecule has 0 aromatic heterocycles. The normalized spacial score (nSPS) is 12.4. The van der Waals surface area contributed by atoms with Gasteiger partial charge in [0.1, 0.15) is 5.82 Å². The lowest BCUT2D eigenvalue weighted by Crippen LogP contribution is -1.99. The fourth-order valence-corrected chi connectivity index (χ4v) is 2.65. The minimum Gasteiger partial charge on any atom is -0.207 e. The maximum absolute atomic E-state index is 13.7. The molecule has 18 heavy (non-hydrogen) atoms. The second-order valence-electron chi connectivity index (χ2n) is 3.93. The average molecular weight is 348 g/mol. The summed E-state index contributed by atoms with van der Waals surface area (Å²) in [6, 6.07) is 12.2. The van der Waals surface area contributed by atoms with Crippen LogP contribution in [0.15, 0.2) is 46.9 Å². The molecule has 0 bridgehead atoms. The lowest BCUT2D eigenvalue weighted by Gasteiger charge is -2.12. The first-order chi connectivity index (χ1) is 8.58. The standard InChI is InChI=1S/C14H10BrCl2F/c15-10-5-6-14(18)11(8-10)13(17)7-9-3-1-2-4-12(9)16/h1-6,8,13H,7H2. The predicted molar refractivity (Wildman–Crippen MR) is 77.9 cm³/mol. The van der Waals surface area contributed by atoms with Crippen LogP contribution in [0.2, 0.25) is 5.02 Å². The number of rotatable bonds is 3. The quantitative estimate of drug-likeness (QED) is 0.619. The molecular formula is C14H10BrCl2F. The molecule has 0 saturated carbocycles. The van der Waals surface area contributed by atoms with Crippen molar-refractivity contribution in [3.63, 3.8) is 0 Å². The Balaban J connectivity index is 2.25. The Bertz CT molecular complexity index is 557. The second kappa shape index (κ2) is 6.05. The van der Waals surface area contributed by atoms with E-state index in [4.69, 9.17) is 23.2 Å². The second-order valence-corrected chi connectivity index (χ2v) is 5.78. The number of hydrogen-bond donors (Lipinski definition) is 0. The third-order valence-electron chi connectivity index (χ3n) is 2.65. The zero-order valence-electron chi connectivity index (χ0n) is 9.34. The summed E-state index contributed by atoms with van der Waals surface area (Å²) >= 11 is 15.6. The van der Waals surface area contributed by atoms with Gasteiger partial charge in [0.15, 0.2) is 0 Å². The zero-order valence-corrected chi connectivity index (χ0v) is 12.4. The van der Waals surface area contributed by atoms with Crippen LogP contribution >= 0.6 is 39.1 Å². The van der Waals surface area contributed by atoms with Crippen LogP contribution in [0.4, 0.5) is 4.39 Å². The molecule has 1 unspecified atom stereocenters. The van der Waals surface area contributed by atoms with Gasteiger partial charge in [-0.05, 0) is 36.2 Å². The Labute approximate surface area is 124 Å². The summed E-state index contributed by atoms with van der Waals surface area (Å²) in [7, 11) is 0. The molecule has 0 saturated heterocycles. The molecule has 94 valence electrons. The minimum atomic E-state index is -0.442. The van der Waals surface area contributed by atoms with Gasteiger partial charge in [0, 0.05) is 15.1 Å². The lowest BCUT2D eigenvalue weighted by molar-refractivity contribution is 0.605. The predicted octanol–water partition coefficient (Wildman–Crippen LogP) is 5.76. The van der Waals surface area contributed by atoms with Crippen LogP contribution in [0.5, 0.6) is 0 Å². The first-order valence-electron chi connectivity index (χ1n) is 5.40. The fourth-order valence-electron chi connectivity index (χ4n) is 1.72. The molecule has 0 aliphatic carbocycles. The van der Waals surface area contributed by atoms with Gasteiger partial charge >= 0.3 is 0 Å². The number of hydrogen-bond acceptors (Lipinski definition) is 0. The van der Waals surface area contributed by atoms with Crippen molar-refractivity contribution in [1.82, 2.24) is 0 Å². The largest absolute Gasteiger partial charge is 0.207 e. The van der Waals surface area contributed by atoms with Gasteiger partial charge in [-0.15, -0.1) is 11.6 Å². The van der Waals surface area contributed by atoms with Crippen molar-refractivity contribution >= 4 is 39.1 Å². The summed E-state index contributed by atoms with van der Waals surface area (Å²) in [6.45, 7) is 0. The first kappa shape index (κ1) is 13.9. The highest BCUT2D eigenvalue weighted by Crippen LogP contribution is 2.31. The fraction of sp³-hybridized carbons (Fsp3) is 0.143. The first-order valence-corrected chi connectivity index (χ1v) is 7.01.